The van der Waals surface area contributed by atoms with E-state index in [1.165, 1.54) is 57.2 Å². The highest BCUT2D eigenvalue weighted by Crippen LogP contribution is 2.40. The lowest BCUT2D eigenvalue weighted by atomic mass is 9.97. The number of benzene rings is 3. The summed E-state index contributed by atoms with van der Waals surface area (Å²) < 4.78 is 36.7. The van der Waals surface area contributed by atoms with E-state index in [-0.39, 0.29) is 39.5 Å². The van der Waals surface area contributed by atoms with Crippen LogP contribution in [0.4, 0.5) is 4.39 Å². The van der Waals surface area contributed by atoms with Crippen molar-refractivity contribution in [1.82, 2.24) is 0 Å². The molecule has 0 aliphatic rings. The van der Waals surface area contributed by atoms with Gasteiger partial charge in [-0.05, 0) is 100 Å². The monoisotopic (exact) mass is 638 g/mol. The highest BCUT2D eigenvalue weighted by atomic mass is 19.1. The Labute approximate surface area is 273 Å². The summed E-state index contributed by atoms with van der Waals surface area (Å²) in [5, 5.41) is 0. The summed E-state index contributed by atoms with van der Waals surface area (Å²) in [6.07, 6.45) is 3.07. The van der Waals surface area contributed by atoms with Gasteiger partial charge in [-0.3, -0.25) is 0 Å². The molecule has 0 radical (unpaired) electrons. The minimum Gasteiger partial charge on any atom is -0.423 e. The van der Waals surface area contributed by atoms with Crippen molar-refractivity contribution < 1.29 is 42.5 Å². The van der Waals surface area contributed by atoms with Crippen LogP contribution in [-0.4, -0.2) is 23.9 Å². The Morgan fingerprint density at radius 3 is 1.55 bits per heavy atom. The topological polar surface area (TPSA) is 105 Å². The Bertz CT molecular complexity index is 1870. The summed E-state index contributed by atoms with van der Waals surface area (Å²) >= 11 is 0. The first-order valence-electron chi connectivity index (χ1n) is 14.3. The van der Waals surface area contributed by atoms with Gasteiger partial charge < -0.3 is 18.9 Å². The molecule has 8 nitrogen and oxygen atoms in total. The van der Waals surface area contributed by atoms with Crippen LogP contribution in [0.25, 0.3) is 23.3 Å². The highest BCUT2D eigenvalue weighted by Gasteiger charge is 2.21. The zero-order valence-corrected chi connectivity index (χ0v) is 27.2. The van der Waals surface area contributed by atoms with E-state index < -0.39 is 29.7 Å². The molecule has 0 fully saturated rings. The van der Waals surface area contributed by atoms with Crippen molar-refractivity contribution in [2.24, 2.45) is 0 Å². The van der Waals surface area contributed by atoms with E-state index in [2.05, 4.69) is 26.3 Å². The second-order valence-electron chi connectivity index (χ2n) is 11.0. The third-order valence-electron chi connectivity index (χ3n) is 6.49. The summed E-state index contributed by atoms with van der Waals surface area (Å²) in [6.45, 7) is 23.9. The van der Waals surface area contributed by atoms with Crippen molar-refractivity contribution >= 4 is 36.0 Å². The van der Waals surface area contributed by atoms with Gasteiger partial charge in [0.25, 0.3) is 0 Å². The summed E-state index contributed by atoms with van der Waals surface area (Å²) in [5.41, 5.74) is 3.46. The summed E-state index contributed by atoms with van der Waals surface area (Å²) in [4.78, 5) is 49.4. The van der Waals surface area contributed by atoms with Crippen molar-refractivity contribution in [2.45, 2.75) is 41.5 Å². The van der Waals surface area contributed by atoms with E-state index in [0.717, 1.165) is 6.07 Å². The maximum absolute atomic E-state index is 14.7. The lowest BCUT2D eigenvalue weighted by Crippen LogP contribution is -2.12. The van der Waals surface area contributed by atoms with Crippen LogP contribution in [0, 0.1) is 19.7 Å². The number of carbonyl (C=O) groups excluding carboxylic acids is 4. The number of hydrogen-bond donors (Lipinski definition) is 0. The molecule has 0 amide bonds. The van der Waals surface area contributed by atoms with Crippen LogP contribution in [0.3, 0.4) is 0 Å². The molecule has 0 atom stereocenters. The number of halogens is 1. The minimum absolute atomic E-state index is 0.0833. The van der Waals surface area contributed by atoms with Gasteiger partial charge in [-0.2, -0.15) is 0 Å². The molecule has 0 bridgehead atoms. The van der Waals surface area contributed by atoms with Crippen LogP contribution in [0.2, 0.25) is 0 Å². The van der Waals surface area contributed by atoms with Gasteiger partial charge in [0.05, 0.1) is 0 Å². The van der Waals surface area contributed by atoms with Gasteiger partial charge in [-0.15, -0.1) is 0 Å². The van der Waals surface area contributed by atoms with Gasteiger partial charge in [0.1, 0.15) is 17.2 Å². The largest absolute Gasteiger partial charge is 0.423 e. The Hall–Kier alpha value is -5.83. The van der Waals surface area contributed by atoms with E-state index in [0.29, 0.717) is 39.1 Å². The van der Waals surface area contributed by atoms with Crippen molar-refractivity contribution in [3.63, 3.8) is 0 Å². The number of esters is 4. The molecule has 0 N–H and O–H groups in total. The van der Waals surface area contributed by atoms with Gasteiger partial charge in [0.15, 0.2) is 11.6 Å². The Morgan fingerprint density at radius 1 is 0.596 bits per heavy atom. The van der Waals surface area contributed by atoms with E-state index in [1.54, 1.807) is 32.9 Å². The number of aryl methyl sites for hydroxylation is 2. The summed E-state index contributed by atoms with van der Waals surface area (Å²) in [7, 11) is 0. The smallest absolute Gasteiger partial charge is 0.338 e. The lowest BCUT2D eigenvalue weighted by molar-refractivity contribution is -0.131. The molecule has 47 heavy (non-hydrogen) atoms. The van der Waals surface area contributed by atoms with E-state index in [9.17, 15) is 23.6 Å². The molecule has 0 aliphatic carbocycles. The first-order valence-corrected chi connectivity index (χ1v) is 14.3. The lowest BCUT2D eigenvalue weighted by Gasteiger charge is -2.18. The second-order valence-corrected chi connectivity index (χ2v) is 11.0. The molecule has 0 unspecified atom stereocenters. The number of carbonyl (C=O) groups is 4. The summed E-state index contributed by atoms with van der Waals surface area (Å²) in [5.74, 6) is -3.26. The average molecular weight is 639 g/mol. The molecule has 242 valence electrons. The molecule has 9 heteroatoms. The fraction of sp³-hybridized carbons (Fsp3) is 0.158. The van der Waals surface area contributed by atoms with Gasteiger partial charge in [-0.1, -0.05) is 44.5 Å². The van der Waals surface area contributed by atoms with Gasteiger partial charge in [0.2, 0.25) is 0 Å². The van der Waals surface area contributed by atoms with Crippen LogP contribution in [0.5, 0.6) is 23.0 Å². The Balaban J connectivity index is 2.20. The fourth-order valence-corrected chi connectivity index (χ4v) is 4.00. The predicted molar refractivity (Wildman–Crippen MR) is 178 cm³/mol. The normalized spacial score (nSPS) is 10.6. The third-order valence-corrected chi connectivity index (χ3v) is 6.49. The SMILES string of the molecule is C=C(C)C(=O)Oc1ccc(/C=C/c2cc(OC(=O)C(=C)C)c(-c3cc(C)c(OC(=O)C(=C)C)c(C)c3)cc2OC(=O)C(=C)C)cc1F. The molecular formula is C38H35FO8. The zero-order valence-electron chi connectivity index (χ0n) is 27.2. The number of ether oxygens (including phenoxy) is 4. The van der Waals surface area contributed by atoms with Crippen LogP contribution in [0.15, 0.2) is 91.1 Å². The highest BCUT2D eigenvalue weighted by molar-refractivity contribution is 5.93. The first kappa shape index (κ1) is 35.6. The maximum Gasteiger partial charge on any atom is 0.338 e. The molecular weight excluding hydrogens is 603 g/mol. The van der Waals surface area contributed by atoms with Crippen LogP contribution >= 0.6 is 0 Å². The minimum atomic E-state index is -0.787. The van der Waals surface area contributed by atoms with Gasteiger partial charge in [-0.25, -0.2) is 23.6 Å². The first-order chi connectivity index (χ1) is 22.0. The molecule has 0 heterocycles. The van der Waals surface area contributed by atoms with E-state index >= 15 is 0 Å². The van der Waals surface area contributed by atoms with E-state index in [1.807, 2.05) is 0 Å². The van der Waals surface area contributed by atoms with Crippen LogP contribution < -0.4 is 18.9 Å². The number of hydrogen-bond acceptors (Lipinski definition) is 8. The molecule has 0 aliphatic heterocycles. The molecule has 3 rings (SSSR count). The molecule has 3 aromatic carbocycles. The van der Waals surface area contributed by atoms with Crippen molar-refractivity contribution in [3.05, 3.63) is 119 Å². The molecule has 0 saturated heterocycles. The standard InChI is InChI=1S/C38H35FO8/c1-20(2)35(40)44-31-14-12-26(17-30(31)39)11-13-27-18-33(46-37(42)22(5)6)29(19-32(27)45-36(41)21(3)4)28-15-24(9)34(25(10)16-28)47-38(43)23(7)8/h11-19H,1,3,5,7H2,2,4,6,8-10H3/b13-11+. The van der Waals surface area contributed by atoms with Gasteiger partial charge in [0, 0.05) is 33.4 Å². The summed E-state index contributed by atoms with van der Waals surface area (Å²) in [6, 6.07) is 10.4. The quantitative estimate of drug-likeness (QED) is 0.0896. The molecule has 3 aromatic rings. The average Bonchev–Trinajstić information content (AvgIpc) is 2.99. The second kappa shape index (κ2) is 15.0. The van der Waals surface area contributed by atoms with Crippen molar-refractivity contribution in [3.8, 4) is 34.1 Å². The van der Waals surface area contributed by atoms with Crippen LogP contribution in [0.1, 0.15) is 49.9 Å². The fourth-order valence-electron chi connectivity index (χ4n) is 4.00. The van der Waals surface area contributed by atoms with E-state index in [4.69, 9.17) is 18.9 Å². The number of rotatable bonds is 11. The van der Waals surface area contributed by atoms with Crippen molar-refractivity contribution in [1.29, 1.82) is 0 Å². The molecule has 0 saturated carbocycles. The predicted octanol–water partition coefficient (Wildman–Crippen LogP) is 8.21. The van der Waals surface area contributed by atoms with Crippen LogP contribution in [-0.2, 0) is 19.2 Å². The Kier molecular flexibility index (Phi) is 11.4. The van der Waals surface area contributed by atoms with Crippen molar-refractivity contribution in [2.75, 3.05) is 0 Å². The molecule has 0 aromatic heterocycles. The maximum atomic E-state index is 14.7. The molecule has 0 spiro atoms. The zero-order chi connectivity index (χ0) is 35.2. The van der Waals surface area contributed by atoms with Gasteiger partial charge >= 0.3 is 23.9 Å². The third kappa shape index (κ3) is 9.11. The Morgan fingerprint density at radius 2 is 1.06 bits per heavy atom.